The number of ketones is 1. The second kappa shape index (κ2) is 4.43. The van der Waals surface area contributed by atoms with E-state index in [1.165, 1.54) is 19.3 Å². The molecule has 1 nitrogen and oxygen atoms in total. The van der Waals surface area contributed by atoms with Gasteiger partial charge in [-0.25, -0.2) is 4.39 Å². The van der Waals surface area contributed by atoms with E-state index in [0.29, 0.717) is 29.0 Å². The third-order valence-electron chi connectivity index (χ3n) is 7.97. The summed E-state index contributed by atoms with van der Waals surface area (Å²) in [7, 11) is 0. The predicted octanol–water partition coefficient (Wildman–Crippen LogP) is 5.06. The Kier molecular flexibility index (Phi) is 2.94. The number of carbonyl (C=O) groups excluding carboxylic acids is 1. The summed E-state index contributed by atoms with van der Waals surface area (Å²) in [5.74, 6) is 3.17. The fraction of sp³-hybridized carbons (Fsp3) is 0.842. The van der Waals surface area contributed by atoms with E-state index in [1.807, 2.05) is 6.08 Å². The van der Waals surface area contributed by atoms with Crippen LogP contribution in [0.5, 0.6) is 0 Å². The van der Waals surface area contributed by atoms with Crippen LogP contribution in [0.2, 0.25) is 0 Å². The Balaban J connectivity index is 1.64. The number of allylic oxidation sites excluding steroid dienone is 2. The lowest BCUT2D eigenvalue weighted by molar-refractivity contribution is -0.137. The molecule has 0 N–H and O–H groups in total. The molecule has 6 atom stereocenters. The van der Waals surface area contributed by atoms with Crippen LogP contribution in [0.1, 0.15) is 65.2 Å². The van der Waals surface area contributed by atoms with E-state index in [2.05, 4.69) is 13.8 Å². The molecule has 116 valence electrons. The topological polar surface area (TPSA) is 17.1 Å². The summed E-state index contributed by atoms with van der Waals surface area (Å²) < 4.78 is 14.3. The molecule has 4 unspecified atom stereocenters. The third kappa shape index (κ3) is 1.77. The molecule has 0 aromatic rings. The normalized spacial score (nSPS) is 52.7. The lowest BCUT2D eigenvalue weighted by Crippen LogP contribution is -2.53. The molecule has 2 heteroatoms. The minimum Gasteiger partial charge on any atom is -0.300 e. The van der Waals surface area contributed by atoms with Gasteiger partial charge in [0.25, 0.3) is 0 Å². The number of rotatable bonds is 0. The minimum atomic E-state index is -0.172. The van der Waals surface area contributed by atoms with Crippen molar-refractivity contribution in [2.75, 3.05) is 0 Å². The van der Waals surface area contributed by atoms with Crippen LogP contribution < -0.4 is 0 Å². The van der Waals surface area contributed by atoms with Crippen LogP contribution in [-0.2, 0) is 4.79 Å². The first-order valence-corrected chi connectivity index (χ1v) is 8.83. The van der Waals surface area contributed by atoms with Crippen molar-refractivity contribution in [1.29, 1.82) is 0 Å². The highest BCUT2D eigenvalue weighted by atomic mass is 19.1. The van der Waals surface area contributed by atoms with Gasteiger partial charge in [0.1, 0.15) is 11.6 Å². The van der Waals surface area contributed by atoms with E-state index in [0.717, 1.165) is 38.0 Å². The van der Waals surface area contributed by atoms with Crippen molar-refractivity contribution in [3.05, 3.63) is 11.9 Å². The summed E-state index contributed by atoms with van der Waals surface area (Å²) in [5.41, 5.74) is 0.173. The van der Waals surface area contributed by atoms with Crippen LogP contribution in [0.4, 0.5) is 4.39 Å². The molecule has 0 aromatic heterocycles. The van der Waals surface area contributed by atoms with Crippen molar-refractivity contribution in [2.45, 2.75) is 65.2 Å². The number of Topliss-reactive ketones (excluding diaryl/α,β-unsaturated/α-hetero) is 1. The molecule has 0 aromatic carbocycles. The Hall–Kier alpha value is -0.660. The Labute approximate surface area is 127 Å². The van der Waals surface area contributed by atoms with Gasteiger partial charge in [-0.3, -0.25) is 4.79 Å². The SMILES string of the molecule is C[C@]12CCC(=O)CC1CCC1C2CC[C@]2(C)C(F)=CCC12. The van der Waals surface area contributed by atoms with Gasteiger partial charge in [-0.15, -0.1) is 0 Å². The van der Waals surface area contributed by atoms with Crippen LogP contribution in [0, 0.1) is 34.5 Å². The summed E-state index contributed by atoms with van der Waals surface area (Å²) in [6.07, 6.45) is 10.1. The summed E-state index contributed by atoms with van der Waals surface area (Å²) in [4.78, 5) is 11.8. The Morgan fingerprint density at radius 2 is 1.95 bits per heavy atom. The monoisotopic (exact) mass is 290 g/mol. The van der Waals surface area contributed by atoms with Gasteiger partial charge >= 0.3 is 0 Å². The minimum absolute atomic E-state index is 0.164. The van der Waals surface area contributed by atoms with Gasteiger partial charge in [0, 0.05) is 18.3 Å². The number of hydrogen-bond donors (Lipinski definition) is 0. The van der Waals surface area contributed by atoms with Crippen molar-refractivity contribution >= 4 is 5.78 Å². The highest BCUT2D eigenvalue weighted by molar-refractivity contribution is 5.79. The molecule has 0 amide bonds. The summed E-state index contributed by atoms with van der Waals surface area (Å²) in [6.45, 7) is 4.61. The summed E-state index contributed by atoms with van der Waals surface area (Å²) in [6, 6.07) is 0. The number of halogens is 1. The van der Waals surface area contributed by atoms with Crippen molar-refractivity contribution in [1.82, 2.24) is 0 Å². The maximum atomic E-state index is 14.3. The first kappa shape index (κ1) is 14.0. The van der Waals surface area contributed by atoms with Crippen LogP contribution in [0.3, 0.4) is 0 Å². The summed E-state index contributed by atoms with van der Waals surface area (Å²) in [5, 5.41) is 0. The Morgan fingerprint density at radius 3 is 2.76 bits per heavy atom. The van der Waals surface area contributed by atoms with E-state index in [9.17, 15) is 9.18 Å². The first-order valence-electron chi connectivity index (χ1n) is 8.83. The molecule has 3 fully saturated rings. The van der Waals surface area contributed by atoms with E-state index >= 15 is 0 Å². The summed E-state index contributed by atoms with van der Waals surface area (Å²) >= 11 is 0. The molecular weight excluding hydrogens is 263 g/mol. The van der Waals surface area contributed by atoms with Crippen molar-refractivity contribution in [3.8, 4) is 0 Å². The zero-order chi connectivity index (χ0) is 14.8. The highest BCUT2D eigenvalue weighted by Gasteiger charge is 2.58. The highest BCUT2D eigenvalue weighted by Crippen LogP contribution is 2.66. The molecule has 0 bridgehead atoms. The van der Waals surface area contributed by atoms with Gasteiger partial charge in [-0.1, -0.05) is 19.9 Å². The predicted molar refractivity (Wildman–Crippen MR) is 81.3 cm³/mol. The zero-order valence-corrected chi connectivity index (χ0v) is 13.3. The second-order valence-electron chi connectivity index (χ2n) is 8.64. The van der Waals surface area contributed by atoms with Crippen LogP contribution in [0.25, 0.3) is 0 Å². The average molecular weight is 290 g/mol. The fourth-order valence-electron chi connectivity index (χ4n) is 6.56. The average Bonchev–Trinajstić information content (AvgIpc) is 2.76. The largest absolute Gasteiger partial charge is 0.300 e. The standard InChI is InChI=1S/C19H27FO/c1-18-9-7-13(21)11-12(18)3-4-14-15-5-6-17(20)19(15,2)10-8-16(14)18/h6,12,14-16H,3-5,7-11H2,1-2H3/t12?,14?,15?,16?,18-,19-/m0/s1. The third-order valence-corrected chi connectivity index (χ3v) is 7.97. The maximum absolute atomic E-state index is 14.3. The molecule has 4 aliphatic carbocycles. The van der Waals surface area contributed by atoms with E-state index in [-0.39, 0.29) is 11.2 Å². The first-order chi connectivity index (χ1) is 9.95. The Bertz CT molecular complexity index is 510. The van der Waals surface area contributed by atoms with Crippen LogP contribution >= 0.6 is 0 Å². The quantitative estimate of drug-likeness (QED) is 0.609. The molecule has 3 saturated carbocycles. The fourth-order valence-corrected chi connectivity index (χ4v) is 6.56. The molecule has 0 aliphatic heterocycles. The van der Waals surface area contributed by atoms with Gasteiger partial charge < -0.3 is 0 Å². The molecule has 0 radical (unpaired) electrons. The Morgan fingerprint density at radius 1 is 1.14 bits per heavy atom. The van der Waals surface area contributed by atoms with Crippen molar-refractivity contribution in [2.24, 2.45) is 34.5 Å². The number of fused-ring (bicyclic) bond motifs is 5. The van der Waals surface area contributed by atoms with E-state index < -0.39 is 0 Å². The molecule has 0 saturated heterocycles. The molecular formula is C19H27FO. The maximum Gasteiger partial charge on any atom is 0.133 e. The molecule has 0 spiro atoms. The number of hydrogen-bond acceptors (Lipinski definition) is 1. The lowest BCUT2D eigenvalue weighted by Gasteiger charge is -2.59. The van der Waals surface area contributed by atoms with Gasteiger partial charge in [0.15, 0.2) is 0 Å². The smallest absolute Gasteiger partial charge is 0.133 e. The van der Waals surface area contributed by atoms with Crippen molar-refractivity contribution in [3.63, 3.8) is 0 Å². The molecule has 0 heterocycles. The van der Waals surface area contributed by atoms with Crippen molar-refractivity contribution < 1.29 is 9.18 Å². The second-order valence-corrected chi connectivity index (χ2v) is 8.64. The van der Waals surface area contributed by atoms with Crippen LogP contribution in [-0.4, -0.2) is 5.78 Å². The zero-order valence-electron chi connectivity index (χ0n) is 13.3. The van der Waals surface area contributed by atoms with Gasteiger partial charge in [-0.05, 0) is 67.6 Å². The number of carbonyl (C=O) groups is 1. The van der Waals surface area contributed by atoms with Gasteiger partial charge in [-0.2, -0.15) is 0 Å². The van der Waals surface area contributed by atoms with E-state index in [1.54, 1.807) is 0 Å². The van der Waals surface area contributed by atoms with Gasteiger partial charge in [0.05, 0.1) is 0 Å². The van der Waals surface area contributed by atoms with Gasteiger partial charge in [0.2, 0.25) is 0 Å². The molecule has 4 rings (SSSR count). The lowest BCUT2D eigenvalue weighted by atomic mass is 9.45. The van der Waals surface area contributed by atoms with E-state index in [4.69, 9.17) is 0 Å². The van der Waals surface area contributed by atoms with Crippen LogP contribution in [0.15, 0.2) is 11.9 Å². The molecule has 21 heavy (non-hydrogen) atoms. The molecule has 4 aliphatic rings.